The van der Waals surface area contributed by atoms with Crippen LogP contribution in [-0.2, 0) is 21.2 Å². The summed E-state index contributed by atoms with van der Waals surface area (Å²) < 4.78 is 72.3. The smallest absolute Gasteiger partial charge is 0.357 e. The second-order valence-corrected chi connectivity index (χ2v) is 9.29. The Kier molecular flexibility index (Phi) is 8.49. The average Bonchev–Trinajstić information content (AvgIpc) is 2.78. The summed E-state index contributed by atoms with van der Waals surface area (Å²) in [6, 6.07) is 11.9. The van der Waals surface area contributed by atoms with Crippen molar-refractivity contribution in [1.29, 1.82) is 0 Å². The van der Waals surface area contributed by atoms with Crippen molar-refractivity contribution in [3.05, 3.63) is 53.8 Å². The number of fused-ring (bicyclic) bond motifs is 4. The van der Waals surface area contributed by atoms with Gasteiger partial charge in [-0.3, -0.25) is 4.79 Å². The minimum Gasteiger partial charge on any atom is -0.492 e. The molecule has 0 radical (unpaired) electrons. The molecule has 1 atom stereocenters. The molecule has 0 aliphatic carbocycles. The molecule has 1 amide bonds. The summed E-state index contributed by atoms with van der Waals surface area (Å²) in [6.45, 7) is 0.441. The molecule has 3 rings (SSSR count). The third-order valence-electron chi connectivity index (χ3n) is 5.34. The van der Waals surface area contributed by atoms with Gasteiger partial charge in [0.05, 0.1) is 13.0 Å². The predicted molar refractivity (Wildman–Crippen MR) is 119 cm³/mol. The quantitative estimate of drug-likeness (QED) is 0.660. The minimum atomic E-state index is -4.89. The number of hydrogen-bond donors (Lipinski definition) is 1. The lowest BCUT2D eigenvalue weighted by Gasteiger charge is -2.16. The third kappa shape index (κ3) is 6.80. The van der Waals surface area contributed by atoms with Gasteiger partial charge in [0, 0.05) is 23.9 Å². The number of ether oxygens (including phenoxy) is 1. The predicted octanol–water partition coefficient (Wildman–Crippen LogP) is 4.34. The van der Waals surface area contributed by atoms with Gasteiger partial charge < -0.3 is 10.1 Å². The van der Waals surface area contributed by atoms with Crippen molar-refractivity contribution in [3.63, 3.8) is 0 Å². The topological polar surface area (TPSA) is 84.8 Å². The van der Waals surface area contributed by atoms with Gasteiger partial charge in [-0.05, 0) is 43.2 Å². The first-order chi connectivity index (χ1) is 15.8. The number of benzene rings is 2. The monoisotopic (exact) mass is 482 g/mol. The second kappa shape index (κ2) is 11.3. The van der Waals surface area contributed by atoms with Crippen molar-refractivity contribution in [1.82, 2.24) is 5.32 Å². The number of hydrogen-bond acceptors (Lipinski definition) is 4. The number of sulfonamides is 1. The zero-order valence-electron chi connectivity index (χ0n) is 17.8. The molecule has 2 aromatic carbocycles. The standard InChI is InChI=1S/C23H25F3N2O4S/c24-22-17-6-3-8-19(22)18-7-1-2-9-20(18)32-14-12-21(29)27-13-4-5-16(10-11-17)15-28-33(30,31)23(25)26/h1-3,6-9,15-16,23H,4-5,10-14H2,(H,27,29). The molecule has 178 valence electrons. The van der Waals surface area contributed by atoms with Gasteiger partial charge in [-0.15, -0.1) is 0 Å². The summed E-state index contributed by atoms with van der Waals surface area (Å²) in [6.07, 6.45) is 2.52. The van der Waals surface area contributed by atoms with Crippen LogP contribution in [0.1, 0.15) is 31.2 Å². The lowest BCUT2D eigenvalue weighted by atomic mass is 9.93. The van der Waals surface area contributed by atoms with Crippen LogP contribution in [0.3, 0.4) is 0 Å². The fourth-order valence-electron chi connectivity index (χ4n) is 3.58. The zero-order valence-corrected chi connectivity index (χ0v) is 18.7. The highest BCUT2D eigenvalue weighted by molar-refractivity contribution is 7.90. The van der Waals surface area contributed by atoms with E-state index in [-0.39, 0.29) is 25.4 Å². The molecule has 0 aromatic heterocycles. The molecular formula is C23H25F3N2O4S. The fourth-order valence-corrected chi connectivity index (χ4v) is 4.02. The number of nitrogens with zero attached hydrogens (tertiary/aromatic N) is 1. The number of aryl methyl sites for hydroxylation is 1. The summed E-state index contributed by atoms with van der Waals surface area (Å²) in [4.78, 5) is 12.1. The van der Waals surface area contributed by atoms with E-state index in [1.807, 2.05) is 0 Å². The molecule has 10 heteroatoms. The summed E-state index contributed by atoms with van der Waals surface area (Å²) in [5.41, 5.74) is 1.30. The Morgan fingerprint density at radius 2 is 1.82 bits per heavy atom. The number of halogens is 3. The summed E-state index contributed by atoms with van der Waals surface area (Å²) in [5, 5.41) is 2.75. The molecule has 0 saturated carbocycles. The SMILES string of the molecule is O=C1CCOc2ccccc2-c2cccc(c2F)CCC(C=NS(=O)(=O)C(F)F)CCCN1. The number of alkyl halides is 2. The van der Waals surface area contributed by atoms with Crippen molar-refractivity contribution < 1.29 is 31.1 Å². The van der Waals surface area contributed by atoms with Crippen molar-refractivity contribution in [2.45, 2.75) is 37.9 Å². The molecule has 1 unspecified atom stereocenters. The maximum Gasteiger partial charge on any atom is 0.357 e. The Morgan fingerprint density at radius 1 is 1.06 bits per heavy atom. The largest absolute Gasteiger partial charge is 0.492 e. The Balaban J connectivity index is 1.91. The third-order valence-corrected chi connectivity index (χ3v) is 6.21. The van der Waals surface area contributed by atoms with E-state index in [9.17, 15) is 22.0 Å². The van der Waals surface area contributed by atoms with Gasteiger partial charge in [-0.1, -0.05) is 36.4 Å². The molecule has 0 saturated heterocycles. The van der Waals surface area contributed by atoms with Crippen LogP contribution in [0.15, 0.2) is 46.9 Å². The molecule has 33 heavy (non-hydrogen) atoms. The number of nitrogens with one attached hydrogen (secondary N) is 1. The van der Waals surface area contributed by atoms with E-state index in [1.165, 1.54) is 0 Å². The van der Waals surface area contributed by atoms with E-state index in [0.29, 0.717) is 48.2 Å². The molecule has 6 nitrogen and oxygen atoms in total. The summed E-state index contributed by atoms with van der Waals surface area (Å²) in [7, 11) is -4.89. The van der Waals surface area contributed by atoms with Gasteiger partial charge in [0.25, 0.3) is 0 Å². The maximum absolute atomic E-state index is 15.4. The number of para-hydroxylation sites is 1. The Bertz CT molecular complexity index is 1110. The van der Waals surface area contributed by atoms with Crippen molar-refractivity contribution in [3.8, 4) is 16.9 Å². The first kappa shape index (κ1) is 24.8. The van der Waals surface area contributed by atoms with Crippen LogP contribution >= 0.6 is 0 Å². The zero-order chi connectivity index (χ0) is 23.8. The van der Waals surface area contributed by atoms with Crippen LogP contribution in [0.2, 0.25) is 0 Å². The van der Waals surface area contributed by atoms with Crippen LogP contribution in [0.25, 0.3) is 11.1 Å². The highest BCUT2D eigenvalue weighted by Gasteiger charge is 2.23. The van der Waals surface area contributed by atoms with Gasteiger partial charge in [0.15, 0.2) is 0 Å². The number of carbonyl (C=O) groups is 1. The van der Waals surface area contributed by atoms with Gasteiger partial charge in [-0.25, -0.2) is 4.39 Å². The highest BCUT2D eigenvalue weighted by atomic mass is 32.2. The lowest BCUT2D eigenvalue weighted by Crippen LogP contribution is -2.26. The number of amides is 1. The average molecular weight is 483 g/mol. The Hall–Kier alpha value is -2.88. The summed E-state index contributed by atoms with van der Waals surface area (Å²) >= 11 is 0. The van der Waals surface area contributed by atoms with E-state index in [4.69, 9.17) is 4.74 Å². The van der Waals surface area contributed by atoms with Crippen molar-refractivity contribution >= 4 is 22.1 Å². The van der Waals surface area contributed by atoms with Crippen LogP contribution in [-0.4, -0.2) is 39.4 Å². The van der Waals surface area contributed by atoms with Crippen molar-refractivity contribution in [2.75, 3.05) is 13.2 Å². The van der Waals surface area contributed by atoms with Crippen LogP contribution in [0, 0.1) is 11.7 Å². The lowest BCUT2D eigenvalue weighted by molar-refractivity contribution is -0.121. The second-order valence-electron chi connectivity index (χ2n) is 7.69. The van der Waals surface area contributed by atoms with E-state index in [1.54, 1.807) is 42.5 Å². The number of rotatable bonds is 3. The summed E-state index contributed by atoms with van der Waals surface area (Å²) in [5.74, 6) is -4.29. The number of carbonyl (C=O) groups excluding carboxylic acids is 1. The maximum atomic E-state index is 15.4. The first-order valence-electron chi connectivity index (χ1n) is 10.6. The van der Waals surface area contributed by atoms with Crippen molar-refractivity contribution in [2.24, 2.45) is 10.3 Å². The van der Waals surface area contributed by atoms with E-state index < -0.39 is 27.5 Å². The normalized spacial score (nSPS) is 18.5. The van der Waals surface area contributed by atoms with Gasteiger partial charge in [0.2, 0.25) is 5.91 Å². The van der Waals surface area contributed by atoms with Gasteiger partial charge in [-0.2, -0.15) is 21.6 Å². The molecule has 1 heterocycles. The first-order valence-corrected chi connectivity index (χ1v) is 12.1. The van der Waals surface area contributed by atoms with E-state index >= 15 is 4.39 Å². The minimum absolute atomic E-state index is 0.106. The highest BCUT2D eigenvalue weighted by Crippen LogP contribution is 2.33. The van der Waals surface area contributed by atoms with Gasteiger partial charge in [0.1, 0.15) is 11.6 Å². The Labute approximate surface area is 190 Å². The van der Waals surface area contributed by atoms with Crippen LogP contribution in [0.4, 0.5) is 13.2 Å². The molecule has 0 fully saturated rings. The van der Waals surface area contributed by atoms with Gasteiger partial charge >= 0.3 is 15.8 Å². The van der Waals surface area contributed by atoms with Crippen LogP contribution < -0.4 is 10.1 Å². The molecule has 1 aliphatic rings. The fraction of sp³-hybridized carbons (Fsp3) is 0.391. The van der Waals surface area contributed by atoms with E-state index in [2.05, 4.69) is 9.71 Å². The molecular weight excluding hydrogens is 457 g/mol. The Morgan fingerprint density at radius 3 is 2.61 bits per heavy atom. The molecule has 2 bridgehead atoms. The van der Waals surface area contributed by atoms with E-state index in [0.717, 1.165) is 6.21 Å². The van der Waals surface area contributed by atoms with Crippen LogP contribution in [0.5, 0.6) is 5.75 Å². The molecule has 2 aromatic rings. The molecule has 1 aliphatic heterocycles. The molecule has 0 spiro atoms. The molecule has 1 N–H and O–H groups in total.